The molecule has 9 heteroatoms. The number of likely N-dealkylation sites (tertiary alicyclic amines) is 1. The predicted octanol–water partition coefficient (Wildman–Crippen LogP) is 3.37. The van der Waals surface area contributed by atoms with Crippen molar-refractivity contribution in [3.05, 3.63) is 30.1 Å². The Morgan fingerprint density at radius 2 is 2.17 bits per heavy atom. The Balaban J connectivity index is 1.80. The van der Waals surface area contributed by atoms with Crippen LogP contribution in [0.25, 0.3) is 0 Å². The maximum absolute atomic E-state index is 13.2. The molecule has 5 nitrogen and oxygen atoms in total. The van der Waals surface area contributed by atoms with E-state index >= 15 is 0 Å². The lowest BCUT2D eigenvalue weighted by Gasteiger charge is -2.26. The van der Waals surface area contributed by atoms with Gasteiger partial charge in [-0.15, -0.1) is 0 Å². The van der Waals surface area contributed by atoms with Gasteiger partial charge in [-0.2, -0.15) is 13.2 Å². The number of halogens is 4. The average Bonchev–Trinajstić information content (AvgIpc) is 3.09. The van der Waals surface area contributed by atoms with Crippen LogP contribution in [0.5, 0.6) is 5.75 Å². The minimum atomic E-state index is -4.18. The van der Waals surface area contributed by atoms with Crippen LogP contribution < -0.4 is 10.1 Å². The Labute approximate surface area is 169 Å². The molecule has 1 saturated heterocycles. The van der Waals surface area contributed by atoms with Crippen molar-refractivity contribution in [2.75, 3.05) is 46.3 Å². The summed E-state index contributed by atoms with van der Waals surface area (Å²) < 4.78 is 56.9. The quantitative estimate of drug-likeness (QED) is 0.399. The molecule has 1 fully saturated rings. The summed E-state index contributed by atoms with van der Waals surface area (Å²) in [6, 6.07) is 5.97. The molecule has 2 atom stereocenters. The fourth-order valence-corrected chi connectivity index (χ4v) is 3.48. The van der Waals surface area contributed by atoms with E-state index in [1.165, 1.54) is 17.0 Å². The minimum absolute atomic E-state index is 0.164. The van der Waals surface area contributed by atoms with E-state index in [0.29, 0.717) is 37.9 Å². The van der Waals surface area contributed by atoms with Crippen LogP contribution in [0.1, 0.15) is 20.3 Å². The van der Waals surface area contributed by atoms with Gasteiger partial charge in [0.15, 0.2) is 5.96 Å². The highest BCUT2D eigenvalue weighted by atomic mass is 19.4. The Bertz CT molecular complexity index is 668. The first-order valence-electron chi connectivity index (χ1n) is 9.87. The van der Waals surface area contributed by atoms with Gasteiger partial charge < -0.3 is 15.0 Å². The lowest BCUT2D eigenvalue weighted by Crippen LogP contribution is -2.44. The highest BCUT2D eigenvalue weighted by Crippen LogP contribution is 2.21. The number of alkyl halides is 3. The smallest absolute Gasteiger partial charge is 0.401 e. The zero-order chi connectivity index (χ0) is 21.4. The first-order valence-corrected chi connectivity index (χ1v) is 9.87. The fourth-order valence-electron chi connectivity index (χ4n) is 3.48. The molecule has 0 saturated carbocycles. The molecular formula is C20H30F4N4O. The second-order valence-corrected chi connectivity index (χ2v) is 7.36. The van der Waals surface area contributed by atoms with Gasteiger partial charge in [0, 0.05) is 32.7 Å². The van der Waals surface area contributed by atoms with Gasteiger partial charge in [-0.25, -0.2) is 4.39 Å². The molecule has 29 heavy (non-hydrogen) atoms. The maximum Gasteiger partial charge on any atom is 0.401 e. The summed E-state index contributed by atoms with van der Waals surface area (Å²) in [7, 11) is 1.68. The van der Waals surface area contributed by atoms with Crippen molar-refractivity contribution in [1.29, 1.82) is 0 Å². The number of aliphatic imine (C=N–C) groups is 1. The Morgan fingerprint density at radius 3 is 2.79 bits per heavy atom. The SMILES string of the molecule is CCN(CC1CCN(C(=NC)NCC(C)Oc2cccc(F)c2)C1)CC(F)(F)F. The summed E-state index contributed by atoms with van der Waals surface area (Å²) in [5.74, 6) is 0.964. The number of rotatable bonds is 8. The molecule has 0 bridgehead atoms. The van der Waals surface area contributed by atoms with Gasteiger partial charge in [-0.3, -0.25) is 9.89 Å². The van der Waals surface area contributed by atoms with E-state index in [2.05, 4.69) is 15.2 Å². The molecule has 0 aliphatic carbocycles. The summed E-state index contributed by atoms with van der Waals surface area (Å²) in [5, 5.41) is 3.24. The minimum Gasteiger partial charge on any atom is -0.489 e. The highest BCUT2D eigenvalue weighted by molar-refractivity contribution is 5.80. The number of guanidine groups is 1. The number of hydrogen-bond donors (Lipinski definition) is 1. The van der Waals surface area contributed by atoms with Crippen molar-refractivity contribution in [3.8, 4) is 5.75 Å². The Morgan fingerprint density at radius 1 is 1.41 bits per heavy atom. The normalized spacial score (nSPS) is 19.0. The lowest BCUT2D eigenvalue weighted by molar-refractivity contribution is -0.146. The van der Waals surface area contributed by atoms with Crippen molar-refractivity contribution >= 4 is 5.96 Å². The summed E-state index contributed by atoms with van der Waals surface area (Å²) >= 11 is 0. The van der Waals surface area contributed by atoms with Crippen molar-refractivity contribution in [1.82, 2.24) is 15.1 Å². The van der Waals surface area contributed by atoms with E-state index < -0.39 is 12.7 Å². The third-order valence-electron chi connectivity index (χ3n) is 4.84. The van der Waals surface area contributed by atoms with Crippen LogP contribution in [-0.2, 0) is 0 Å². The van der Waals surface area contributed by atoms with Crippen LogP contribution in [0.4, 0.5) is 17.6 Å². The molecule has 1 N–H and O–H groups in total. The van der Waals surface area contributed by atoms with E-state index in [1.807, 2.05) is 6.92 Å². The summed E-state index contributed by atoms with van der Waals surface area (Å²) in [4.78, 5) is 7.78. The zero-order valence-electron chi connectivity index (χ0n) is 17.2. The molecule has 0 aromatic heterocycles. The summed E-state index contributed by atoms with van der Waals surface area (Å²) in [6.07, 6.45) is -3.57. The predicted molar refractivity (Wildman–Crippen MR) is 106 cm³/mol. The van der Waals surface area contributed by atoms with Crippen LogP contribution in [0.3, 0.4) is 0 Å². The number of nitrogens with one attached hydrogen (secondary N) is 1. The van der Waals surface area contributed by atoms with Gasteiger partial charge in [0.25, 0.3) is 0 Å². The third-order valence-corrected chi connectivity index (χ3v) is 4.84. The van der Waals surface area contributed by atoms with Crippen LogP contribution in [0, 0.1) is 11.7 Å². The number of benzene rings is 1. The Hall–Kier alpha value is -2.03. The molecule has 2 unspecified atom stereocenters. The van der Waals surface area contributed by atoms with Crippen molar-refractivity contribution in [2.45, 2.75) is 32.5 Å². The second-order valence-electron chi connectivity index (χ2n) is 7.36. The van der Waals surface area contributed by atoms with Crippen LogP contribution in [-0.4, -0.2) is 74.4 Å². The molecular weight excluding hydrogens is 388 g/mol. The zero-order valence-corrected chi connectivity index (χ0v) is 17.2. The van der Waals surface area contributed by atoms with Gasteiger partial charge >= 0.3 is 6.18 Å². The second kappa shape index (κ2) is 10.7. The third kappa shape index (κ3) is 8.08. The van der Waals surface area contributed by atoms with E-state index in [0.717, 1.165) is 13.0 Å². The Kier molecular flexibility index (Phi) is 8.55. The molecule has 1 aromatic carbocycles. The van der Waals surface area contributed by atoms with Crippen molar-refractivity contribution in [2.24, 2.45) is 10.9 Å². The van der Waals surface area contributed by atoms with Crippen LogP contribution >= 0.6 is 0 Å². The van der Waals surface area contributed by atoms with Crippen molar-refractivity contribution in [3.63, 3.8) is 0 Å². The standard InChI is InChI=1S/C20H30F4N4O/c1-4-27(14-20(22,23)24)12-16-8-9-28(13-16)19(25-3)26-11-15(2)29-18-7-5-6-17(21)10-18/h5-7,10,15-16H,4,8-9,11-14H2,1-3H3,(H,25,26). The molecule has 1 aromatic rings. The topological polar surface area (TPSA) is 40.1 Å². The average molecular weight is 418 g/mol. The van der Waals surface area contributed by atoms with Gasteiger partial charge in [-0.1, -0.05) is 13.0 Å². The van der Waals surface area contributed by atoms with Gasteiger partial charge in [0.1, 0.15) is 17.7 Å². The first kappa shape index (κ1) is 23.3. The number of ether oxygens (including phenoxy) is 1. The van der Waals surface area contributed by atoms with Crippen molar-refractivity contribution < 1.29 is 22.3 Å². The first-order chi connectivity index (χ1) is 13.7. The van der Waals surface area contributed by atoms with E-state index in [-0.39, 0.29) is 17.8 Å². The molecule has 0 radical (unpaired) electrons. The number of nitrogens with zero attached hydrogens (tertiary/aromatic N) is 3. The van der Waals surface area contributed by atoms with E-state index in [1.54, 1.807) is 26.1 Å². The molecule has 1 aliphatic heterocycles. The summed E-state index contributed by atoms with van der Waals surface area (Å²) in [5.41, 5.74) is 0. The van der Waals surface area contributed by atoms with Crippen LogP contribution in [0.2, 0.25) is 0 Å². The largest absolute Gasteiger partial charge is 0.489 e. The molecule has 0 spiro atoms. The molecule has 2 rings (SSSR count). The van der Waals surface area contributed by atoms with Gasteiger partial charge in [0.05, 0.1) is 13.1 Å². The maximum atomic E-state index is 13.2. The summed E-state index contributed by atoms with van der Waals surface area (Å²) in [6.45, 7) is 5.41. The van der Waals surface area contributed by atoms with Crippen LogP contribution in [0.15, 0.2) is 29.3 Å². The molecule has 1 heterocycles. The molecule has 1 aliphatic rings. The number of hydrogen-bond acceptors (Lipinski definition) is 3. The lowest BCUT2D eigenvalue weighted by atomic mass is 10.1. The molecule has 0 amide bonds. The van der Waals surface area contributed by atoms with E-state index in [4.69, 9.17) is 4.74 Å². The van der Waals surface area contributed by atoms with Gasteiger partial charge in [-0.05, 0) is 37.9 Å². The monoisotopic (exact) mass is 418 g/mol. The fraction of sp³-hybridized carbons (Fsp3) is 0.650. The highest BCUT2D eigenvalue weighted by Gasteiger charge is 2.33. The molecule has 164 valence electrons. The van der Waals surface area contributed by atoms with E-state index in [9.17, 15) is 17.6 Å². The van der Waals surface area contributed by atoms with Gasteiger partial charge in [0.2, 0.25) is 0 Å².